The first kappa shape index (κ1) is 17.5. The zero-order valence-corrected chi connectivity index (χ0v) is 14.1. The normalized spacial score (nSPS) is 19.0. The minimum atomic E-state index is -5.02. The quantitative estimate of drug-likeness (QED) is 0.695. The van der Waals surface area contributed by atoms with Crippen molar-refractivity contribution in [3.05, 3.63) is 24.3 Å². The van der Waals surface area contributed by atoms with Crippen LogP contribution in [0.25, 0.3) is 0 Å². The van der Waals surface area contributed by atoms with Crippen molar-refractivity contribution in [3.8, 4) is 5.75 Å². The standard InChI is InChI=1S/C12H15BF3O2.K/c14-13(15,16)11-5-1-2-6-12(11)18-9-7-10-4-3-8-17-10;/h1-2,5-6,10H,3-4,7-9H2;/q-1;+1. The molecule has 0 saturated carbocycles. The predicted octanol–water partition coefficient (Wildman–Crippen LogP) is -0.307. The van der Waals surface area contributed by atoms with Gasteiger partial charge in [0.2, 0.25) is 0 Å². The Labute approximate surface area is 153 Å². The number of rotatable bonds is 5. The van der Waals surface area contributed by atoms with E-state index in [9.17, 15) is 12.9 Å². The monoisotopic (exact) mass is 298 g/mol. The molecule has 0 bridgehead atoms. The van der Waals surface area contributed by atoms with Gasteiger partial charge in [0.05, 0.1) is 18.5 Å². The molecule has 2 rings (SSSR count). The molecule has 100 valence electrons. The van der Waals surface area contributed by atoms with E-state index in [0.717, 1.165) is 25.5 Å². The summed E-state index contributed by atoms with van der Waals surface area (Å²) in [7, 11) is 0. The summed E-state index contributed by atoms with van der Waals surface area (Å²) in [6, 6.07) is 5.34. The number of benzene rings is 1. The molecule has 2 nitrogen and oxygen atoms in total. The number of halogens is 3. The van der Waals surface area contributed by atoms with E-state index in [-0.39, 0.29) is 69.8 Å². The number of hydrogen-bond donors (Lipinski definition) is 0. The summed E-state index contributed by atoms with van der Waals surface area (Å²) in [4.78, 5) is 0. The van der Waals surface area contributed by atoms with Crippen LogP contribution in [0.5, 0.6) is 5.75 Å². The summed E-state index contributed by atoms with van der Waals surface area (Å²) in [5.74, 6) is -0.0806. The molecule has 0 radical (unpaired) electrons. The van der Waals surface area contributed by atoms with Crippen molar-refractivity contribution in [3.63, 3.8) is 0 Å². The first-order valence-corrected chi connectivity index (χ1v) is 6.10. The van der Waals surface area contributed by atoms with E-state index in [1.165, 1.54) is 12.1 Å². The second kappa shape index (κ2) is 8.05. The van der Waals surface area contributed by atoms with Gasteiger partial charge in [-0.1, -0.05) is 23.7 Å². The first-order valence-electron chi connectivity index (χ1n) is 6.10. The van der Waals surface area contributed by atoms with E-state index in [1.807, 2.05) is 0 Å². The van der Waals surface area contributed by atoms with Crippen molar-refractivity contribution in [1.29, 1.82) is 0 Å². The Hall–Kier alpha value is 0.471. The third-order valence-corrected chi connectivity index (χ3v) is 2.99. The average Bonchev–Trinajstić information content (AvgIpc) is 2.81. The van der Waals surface area contributed by atoms with Crippen LogP contribution in [0.1, 0.15) is 19.3 Å². The Morgan fingerprint density at radius 2 is 2.00 bits per heavy atom. The van der Waals surface area contributed by atoms with E-state index in [0.29, 0.717) is 6.42 Å². The van der Waals surface area contributed by atoms with Crippen LogP contribution in [0.3, 0.4) is 0 Å². The molecule has 0 aliphatic carbocycles. The van der Waals surface area contributed by atoms with Crippen LogP contribution < -0.4 is 61.6 Å². The van der Waals surface area contributed by atoms with Gasteiger partial charge in [-0.3, -0.25) is 0 Å². The van der Waals surface area contributed by atoms with Gasteiger partial charge in [-0.2, -0.15) is 0 Å². The summed E-state index contributed by atoms with van der Waals surface area (Å²) < 4.78 is 48.8. The van der Waals surface area contributed by atoms with Gasteiger partial charge in [0, 0.05) is 13.0 Å². The number of hydrogen-bond acceptors (Lipinski definition) is 2. The van der Waals surface area contributed by atoms with Crippen molar-refractivity contribution in [2.24, 2.45) is 0 Å². The van der Waals surface area contributed by atoms with Gasteiger partial charge in [0.1, 0.15) is 0 Å². The van der Waals surface area contributed by atoms with Crippen LogP contribution in [0.2, 0.25) is 0 Å². The number of para-hydroxylation sites is 1. The molecule has 1 saturated heterocycles. The largest absolute Gasteiger partial charge is 1.00 e. The molecule has 0 N–H and O–H groups in total. The minimum Gasteiger partial charge on any atom is -0.496 e. The van der Waals surface area contributed by atoms with E-state index in [4.69, 9.17) is 9.47 Å². The van der Waals surface area contributed by atoms with Crippen LogP contribution in [-0.4, -0.2) is 26.3 Å². The maximum absolute atomic E-state index is 12.7. The van der Waals surface area contributed by atoms with Crippen molar-refractivity contribution < 1.29 is 73.8 Å². The Balaban J connectivity index is 0.00000180. The molecule has 1 aliphatic rings. The van der Waals surface area contributed by atoms with E-state index < -0.39 is 12.4 Å². The van der Waals surface area contributed by atoms with Gasteiger partial charge >= 0.3 is 58.4 Å². The molecule has 19 heavy (non-hydrogen) atoms. The molecule has 1 unspecified atom stereocenters. The fourth-order valence-electron chi connectivity index (χ4n) is 2.05. The summed E-state index contributed by atoms with van der Waals surface area (Å²) in [5.41, 5.74) is -0.662. The average molecular weight is 298 g/mol. The third-order valence-electron chi connectivity index (χ3n) is 2.99. The summed E-state index contributed by atoms with van der Waals surface area (Å²) in [5, 5.41) is 0. The summed E-state index contributed by atoms with van der Waals surface area (Å²) >= 11 is 0. The van der Waals surface area contributed by atoms with Crippen LogP contribution in [0.4, 0.5) is 12.9 Å². The predicted molar refractivity (Wildman–Crippen MR) is 64.2 cm³/mol. The Bertz CT molecular complexity index is 395. The topological polar surface area (TPSA) is 18.5 Å². The molecule has 1 aromatic rings. The fourth-order valence-corrected chi connectivity index (χ4v) is 2.05. The molecule has 0 amide bonds. The molecular formula is C12H15BF3KO2. The summed E-state index contributed by atoms with van der Waals surface area (Å²) in [6.07, 6.45) is 2.76. The molecular weight excluding hydrogens is 283 g/mol. The van der Waals surface area contributed by atoms with Crippen molar-refractivity contribution in [2.75, 3.05) is 13.2 Å². The van der Waals surface area contributed by atoms with Crippen LogP contribution in [0, 0.1) is 0 Å². The van der Waals surface area contributed by atoms with E-state index in [2.05, 4.69) is 0 Å². The smallest absolute Gasteiger partial charge is 0.496 e. The van der Waals surface area contributed by atoms with Crippen molar-refractivity contribution in [1.82, 2.24) is 0 Å². The van der Waals surface area contributed by atoms with Gasteiger partial charge in [0.15, 0.2) is 0 Å². The van der Waals surface area contributed by atoms with Crippen LogP contribution >= 0.6 is 0 Å². The fraction of sp³-hybridized carbons (Fsp3) is 0.500. The van der Waals surface area contributed by atoms with Crippen LogP contribution in [0.15, 0.2) is 24.3 Å². The second-order valence-electron chi connectivity index (χ2n) is 4.38. The Kier molecular flexibility index (Phi) is 7.42. The van der Waals surface area contributed by atoms with Crippen LogP contribution in [-0.2, 0) is 4.74 Å². The van der Waals surface area contributed by atoms with Gasteiger partial charge in [-0.25, -0.2) is 0 Å². The van der Waals surface area contributed by atoms with E-state index >= 15 is 0 Å². The molecule has 0 spiro atoms. The second-order valence-corrected chi connectivity index (χ2v) is 4.38. The van der Waals surface area contributed by atoms with E-state index in [1.54, 1.807) is 6.07 Å². The van der Waals surface area contributed by atoms with Gasteiger partial charge in [-0.05, 0) is 18.9 Å². The number of ether oxygens (including phenoxy) is 2. The van der Waals surface area contributed by atoms with Gasteiger partial charge < -0.3 is 22.4 Å². The maximum Gasteiger partial charge on any atom is 1.00 e. The van der Waals surface area contributed by atoms with Gasteiger partial charge in [-0.15, -0.1) is 0 Å². The van der Waals surface area contributed by atoms with Crippen molar-refractivity contribution >= 4 is 12.4 Å². The molecule has 1 aliphatic heterocycles. The molecule has 0 aromatic heterocycles. The maximum atomic E-state index is 12.7. The molecule has 1 aromatic carbocycles. The zero-order valence-electron chi connectivity index (χ0n) is 11.0. The zero-order chi connectivity index (χ0) is 13.0. The third kappa shape index (κ3) is 5.40. The minimum absolute atomic E-state index is 0. The SMILES string of the molecule is F[B-](F)(F)c1ccccc1OCCC1CCCO1.[K+]. The Morgan fingerprint density at radius 3 is 2.63 bits per heavy atom. The first-order chi connectivity index (χ1) is 8.57. The molecule has 1 fully saturated rings. The Morgan fingerprint density at radius 1 is 1.26 bits per heavy atom. The molecule has 1 atom stereocenters. The van der Waals surface area contributed by atoms with Gasteiger partial charge in [0.25, 0.3) is 0 Å². The molecule has 1 heterocycles. The summed E-state index contributed by atoms with van der Waals surface area (Å²) in [6.45, 7) is -4.02. The van der Waals surface area contributed by atoms with Crippen molar-refractivity contribution in [2.45, 2.75) is 25.4 Å². The molecule has 7 heteroatoms.